The first-order valence-electron chi connectivity index (χ1n) is 6.74. The van der Waals surface area contributed by atoms with Crippen LogP contribution in [0.5, 0.6) is 0 Å². The van der Waals surface area contributed by atoms with E-state index in [9.17, 15) is 0 Å². The molecule has 0 spiro atoms. The second-order valence-electron chi connectivity index (χ2n) is 5.19. The lowest BCUT2D eigenvalue weighted by Crippen LogP contribution is -2.05. The van der Waals surface area contributed by atoms with Gasteiger partial charge in [0.15, 0.2) is 0 Å². The van der Waals surface area contributed by atoms with Crippen LogP contribution in [0.1, 0.15) is 22.3 Å². The van der Waals surface area contributed by atoms with Gasteiger partial charge in [0.2, 0.25) is 0 Å². The van der Waals surface area contributed by atoms with Crippen LogP contribution in [0, 0.1) is 20.8 Å². The molecule has 0 aliphatic heterocycles. The standard InChI is InChI=1S/C16H18N4/c1-10-6-11(2)14(12(3)7-10)8-18-16-13-4-5-17-15(13)19-9-20-16/h4-7,9H,8H2,1-3H3,(H2,17,18,19,20). The highest BCUT2D eigenvalue weighted by Crippen LogP contribution is 2.21. The van der Waals surface area contributed by atoms with Gasteiger partial charge in [0, 0.05) is 12.7 Å². The summed E-state index contributed by atoms with van der Waals surface area (Å²) in [6.45, 7) is 7.21. The summed E-state index contributed by atoms with van der Waals surface area (Å²) in [5.41, 5.74) is 6.13. The second kappa shape index (κ2) is 4.96. The van der Waals surface area contributed by atoms with Crippen molar-refractivity contribution in [2.24, 2.45) is 0 Å². The van der Waals surface area contributed by atoms with Gasteiger partial charge in [-0.25, -0.2) is 9.97 Å². The molecule has 0 amide bonds. The minimum absolute atomic E-state index is 0.773. The Balaban J connectivity index is 1.89. The molecular weight excluding hydrogens is 248 g/mol. The molecule has 2 N–H and O–H groups in total. The molecular formula is C16H18N4. The van der Waals surface area contributed by atoms with Crippen LogP contribution in [0.15, 0.2) is 30.7 Å². The minimum atomic E-state index is 0.773. The number of aromatic amines is 1. The first-order chi connectivity index (χ1) is 9.65. The van der Waals surface area contributed by atoms with E-state index in [1.165, 1.54) is 22.3 Å². The fourth-order valence-corrected chi connectivity index (χ4v) is 2.67. The summed E-state index contributed by atoms with van der Waals surface area (Å²) in [5, 5.41) is 4.44. The number of aryl methyl sites for hydroxylation is 3. The van der Waals surface area contributed by atoms with Crippen LogP contribution in [0.2, 0.25) is 0 Å². The predicted molar refractivity (Wildman–Crippen MR) is 81.9 cm³/mol. The highest BCUT2D eigenvalue weighted by Gasteiger charge is 2.07. The second-order valence-corrected chi connectivity index (χ2v) is 5.19. The van der Waals surface area contributed by atoms with E-state index in [-0.39, 0.29) is 0 Å². The summed E-state index contributed by atoms with van der Waals surface area (Å²) in [4.78, 5) is 11.6. The summed E-state index contributed by atoms with van der Waals surface area (Å²) in [5.74, 6) is 0.871. The van der Waals surface area contributed by atoms with Crippen molar-refractivity contribution in [3.8, 4) is 0 Å². The molecule has 0 aliphatic carbocycles. The average molecular weight is 266 g/mol. The van der Waals surface area contributed by atoms with Crippen LogP contribution in [0.4, 0.5) is 5.82 Å². The van der Waals surface area contributed by atoms with Gasteiger partial charge in [-0.1, -0.05) is 17.7 Å². The van der Waals surface area contributed by atoms with Crippen LogP contribution in [-0.2, 0) is 6.54 Å². The van der Waals surface area contributed by atoms with Gasteiger partial charge in [-0.3, -0.25) is 0 Å². The maximum atomic E-state index is 4.33. The minimum Gasteiger partial charge on any atom is -0.365 e. The number of H-pyrrole nitrogens is 1. The van der Waals surface area contributed by atoms with Gasteiger partial charge in [0.25, 0.3) is 0 Å². The summed E-state index contributed by atoms with van der Waals surface area (Å²) in [6.07, 6.45) is 3.46. The quantitative estimate of drug-likeness (QED) is 0.763. The first kappa shape index (κ1) is 12.7. The topological polar surface area (TPSA) is 53.6 Å². The molecule has 3 rings (SSSR count). The summed E-state index contributed by atoms with van der Waals surface area (Å²) in [6, 6.07) is 6.43. The molecule has 0 fully saturated rings. The van der Waals surface area contributed by atoms with Crippen molar-refractivity contribution in [3.05, 3.63) is 53.0 Å². The zero-order chi connectivity index (χ0) is 14.1. The maximum absolute atomic E-state index is 4.33. The van der Waals surface area contributed by atoms with Gasteiger partial charge in [0.1, 0.15) is 17.8 Å². The molecule has 0 bridgehead atoms. The van der Waals surface area contributed by atoms with E-state index in [1.54, 1.807) is 6.33 Å². The number of fused-ring (bicyclic) bond motifs is 1. The van der Waals surface area contributed by atoms with Gasteiger partial charge in [-0.2, -0.15) is 0 Å². The lowest BCUT2D eigenvalue weighted by molar-refractivity contribution is 1.06. The molecule has 0 saturated carbocycles. The number of nitrogens with one attached hydrogen (secondary N) is 2. The van der Waals surface area contributed by atoms with Crippen LogP contribution in [0.25, 0.3) is 11.0 Å². The van der Waals surface area contributed by atoms with Gasteiger partial charge >= 0.3 is 0 Å². The number of hydrogen-bond acceptors (Lipinski definition) is 3. The van der Waals surface area contributed by atoms with Gasteiger partial charge in [0.05, 0.1) is 5.39 Å². The third-order valence-corrected chi connectivity index (χ3v) is 3.63. The lowest BCUT2D eigenvalue weighted by Gasteiger charge is -2.13. The van der Waals surface area contributed by atoms with Crippen LogP contribution in [-0.4, -0.2) is 15.0 Å². The highest BCUT2D eigenvalue weighted by molar-refractivity contribution is 5.86. The highest BCUT2D eigenvalue weighted by atomic mass is 15.0. The Morgan fingerprint density at radius 1 is 1.10 bits per heavy atom. The van der Waals surface area contributed by atoms with Gasteiger partial charge in [-0.05, 0) is 43.5 Å². The maximum Gasteiger partial charge on any atom is 0.142 e. The molecule has 3 aromatic rings. The largest absolute Gasteiger partial charge is 0.365 e. The number of anilines is 1. The van der Waals surface area contributed by atoms with E-state index in [4.69, 9.17) is 0 Å². The van der Waals surface area contributed by atoms with Crippen molar-refractivity contribution in [1.82, 2.24) is 15.0 Å². The Kier molecular flexibility index (Phi) is 3.14. The predicted octanol–water partition coefficient (Wildman–Crippen LogP) is 3.50. The Bertz CT molecular complexity index is 735. The normalized spacial score (nSPS) is 10.9. The van der Waals surface area contributed by atoms with E-state index in [2.05, 4.69) is 53.2 Å². The van der Waals surface area contributed by atoms with Crippen molar-refractivity contribution >= 4 is 16.9 Å². The third kappa shape index (κ3) is 2.25. The molecule has 102 valence electrons. The lowest BCUT2D eigenvalue weighted by atomic mass is 10.00. The van der Waals surface area contributed by atoms with Gasteiger partial charge in [-0.15, -0.1) is 0 Å². The van der Waals surface area contributed by atoms with E-state index in [0.717, 1.165) is 23.4 Å². The molecule has 0 atom stereocenters. The van der Waals surface area contributed by atoms with Crippen LogP contribution in [0.3, 0.4) is 0 Å². The molecule has 4 nitrogen and oxygen atoms in total. The van der Waals surface area contributed by atoms with Crippen molar-refractivity contribution < 1.29 is 0 Å². The Morgan fingerprint density at radius 3 is 2.60 bits per heavy atom. The fourth-order valence-electron chi connectivity index (χ4n) is 2.67. The van der Waals surface area contributed by atoms with Crippen molar-refractivity contribution in [1.29, 1.82) is 0 Å². The molecule has 0 saturated heterocycles. The number of rotatable bonds is 3. The molecule has 0 radical (unpaired) electrons. The molecule has 2 heterocycles. The van der Waals surface area contributed by atoms with E-state index in [1.807, 2.05) is 12.3 Å². The molecule has 4 heteroatoms. The van der Waals surface area contributed by atoms with Crippen molar-refractivity contribution in [3.63, 3.8) is 0 Å². The molecule has 1 aromatic carbocycles. The summed E-state index contributed by atoms with van der Waals surface area (Å²) < 4.78 is 0. The Hall–Kier alpha value is -2.36. The van der Waals surface area contributed by atoms with E-state index >= 15 is 0 Å². The van der Waals surface area contributed by atoms with Crippen LogP contribution < -0.4 is 5.32 Å². The molecule has 0 aliphatic rings. The molecule has 2 aromatic heterocycles. The Morgan fingerprint density at radius 2 is 1.85 bits per heavy atom. The number of nitrogens with zero attached hydrogens (tertiary/aromatic N) is 2. The third-order valence-electron chi connectivity index (χ3n) is 3.63. The Labute approximate surface area is 118 Å². The van der Waals surface area contributed by atoms with Gasteiger partial charge < -0.3 is 10.3 Å². The SMILES string of the molecule is Cc1cc(C)c(CNc2ncnc3[nH]ccc23)c(C)c1. The number of hydrogen-bond donors (Lipinski definition) is 2. The fraction of sp³-hybridized carbons (Fsp3) is 0.250. The van der Waals surface area contributed by atoms with Crippen molar-refractivity contribution in [2.75, 3.05) is 5.32 Å². The molecule has 0 unspecified atom stereocenters. The first-order valence-corrected chi connectivity index (χ1v) is 6.74. The zero-order valence-electron chi connectivity index (χ0n) is 12.0. The van der Waals surface area contributed by atoms with Crippen molar-refractivity contribution in [2.45, 2.75) is 27.3 Å². The monoisotopic (exact) mass is 266 g/mol. The summed E-state index contributed by atoms with van der Waals surface area (Å²) in [7, 11) is 0. The smallest absolute Gasteiger partial charge is 0.142 e. The molecule has 20 heavy (non-hydrogen) atoms. The number of benzene rings is 1. The average Bonchev–Trinajstić information content (AvgIpc) is 2.86. The van der Waals surface area contributed by atoms with Crippen LogP contribution >= 0.6 is 0 Å². The van der Waals surface area contributed by atoms with E-state index < -0.39 is 0 Å². The zero-order valence-corrected chi connectivity index (χ0v) is 12.0. The van der Waals surface area contributed by atoms with E-state index in [0.29, 0.717) is 0 Å². The number of aromatic nitrogens is 3. The summed E-state index contributed by atoms with van der Waals surface area (Å²) >= 11 is 0.